The summed E-state index contributed by atoms with van der Waals surface area (Å²) in [6.07, 6.45) is 4.39. The van der Waals surface area contributed by atoms with Crippen LogP contribution in [-0.4, -0.2) is 49.1 Å². The van der Waals surface area contributed by atoms with Crippen LogP contribution in [0.2, 0.25) is 0 Å². The van der Waals surface area contributed by atoms with Crippen LogP contribution in [0.5, 0.6) is 0 Å². The van der Waals surface area contributed by atoms with E-state index in [9.17, 15) is 0 Å². The van der Waals surface area contributed by atoms with E-state index in [1.807, 2.05) is 6.20 Å². The third-order valence-corrected chi connectivity index (χ3v) is 4.71. The lowest BCUT2D eigenvalue weighted by atomic mass is 9.94. The van der Waals surface area contributed by atoms with Crippen molar-refractivity contribution in [1.82, 2.24) is 20.5 Å². The Morgan fingerprint density at radius 2 is 2.15 bits per heavy atom. The maximum atomic E-state index is 5.83. The quantitative estimate of drug-likeness (QED) is 0.601. The van der Waals surface area contributed by atoms with Gasteiger partial charge in [0.1, 0.15) is 5.76 Å². The van der Waals surface area contributed by atoms with Crippen molar-refractivity contribution in [3.8, 4) is 0 Å². The van der Waals surface area contributed by atoms with Gasteiger partial charge in [-0.2, -0.15) is 0 Å². The van der Waals surface area contributed by atoms with Crippen molar-refractivity contribution in [3.63, 3.8) is 0 Å². The van der Waals surface area contributed by atoms with E-state index in [-0.39, 0.29) is 5.41 Å². The minimum Gasteiger partial charge on any atom is -0.443 e. The molecular weight excluding hydrogens is 326 g/mol. The number of oxazole rings is 1. The average Bonchev–Trinajstić information content (AvgIpc) is 3.04. The largest absolute Gasteiger partial charge is 0.443 e. The first-order chi connectivity index (χ1) is 12.3. The van der Waals surface area contributed by atoms with Gasteiger partial charge in [-0.3, -0.25) is 4.99 Å². The molecule has 0 amide bonds. The lowest BCUT2D eigenvalue weighted by Crippen LogP contribution is -2.45. The molecule has 1 atom stereocenters. The van der Waals surface area contributed by atoms with Gasteiger partial charge in [0.2, 0.25) is 5.89 Å². The van der Waals surface area contributed by atoms with Crippen LogP contribution in [0.15, 0.2) is 15.6 Å². The Balaban J connectivity index is 1.76. The number of aliphatic imine (C=N–C) groups is 1. The van der Waals surface area contributed by atoms with Gasteiger partial charge >= 0.3 is 0 Å². The molecule has 1 unspecified atom stereocenters. The molecule has 2 heterocycles. The van der Waals surface area contributed by atoms with Crippen molar-refractivity contribution in [3.05, 3.63) is 17.8 Å². The molecule has 2 N–H and O–H groups in total. The Morgan fingerprint density at radius 3 is 2.77 bits per heavy atom. The molecule has 0 aliphatic carbocycles. The number of likely N-dealkylation sites (tertiary alicyclic amines) is 1. The zero-order valence-corrected chi connectivity index (χ0v) is 17.4. The first kappa shape index (κ1) is 20.7. The smallest absolute Gasteiger partial charge is 0.213 e. The standard InChI is InChI=1S/C20H37N5O/c1-15(2)13-25-9-7-8-16(14-25)10-23-19(21-6)24-12-18-22-11-17(26-18)20(3,4)5/h11,15-16H,7-10,12-14H2,1-6H3,(H2,21,23,24). The van der Waals surface area contributed by atoms with Crippen LogP contribution in [0.1, 0.15) is 59.1 Å². The van der Waals surface area contributed by atoms with Crippen LogP contribution in [0, 0.1) is 11.8 Å². The monoisotopic (exact) mass is 363 g/mol. The van der Waals surface area contributed by atoms with Crippen LogP contribution in [0.3, 0.4) is 0 Å². The van der Waals surface area contributed by atoms with Gasteiger partial charge in [0.25, 0.3) is 0 Å². The van der Waals surface area contributed by atoms with E-state index in [4.69, 9.17) is 4.42 Å². The number of guanidine groups is 1. The summed E-state index contributed by atoms with van der Waals surface area (Å²) in [5.74, 6) is 3.81. The number of nitrogens with one attached hydrogen (secondary N) is 2. The highest BCUT2D eigenvalue weighted by molar-refractivity contribution is 5.79. The van der Waals surface area contributed by atoms with Crippen molar-refractivity contribution >= 4 is 5.96 Å². The van der Waals surface area contributed by atoms with E-state index in [2.05, 4.69) is 60.1 Å². The molecule has 148 valence electrons. The molecule has 1 aromatic heterocycles. The van der Waals surface area contributed by atoms with E-state index in [1.54, 1.807) is 7.05 Å². The number of rotatable bonds is 6. The van der Waals surface area contributed by atoms with Crippen molar-refractivity contribution in [2.75, 3.05) is 33.2 Å². The second-order valence-corrected chi connectivity index (χ2v) is 8.84. The molecule has 1 aromatic rings. The van der Waals surface area contributed by atoms with Crippen LogP contribution in [0.4, 0.5) is 0 Å². The highest BCUT2D eigenvalue weighted by Gasteiger charge is 2.21. The molecule has 1 aliphatic heterocycles. The fraction of sp³-hybridized carbons (Fsp3) is 0.800. The summed E-state index contributed by atoms with van der Waals surface area (Å²) in [6, 6.07) is 0. The van der Waals surface area contributed by atoms with E-state index in [0.29, 0.717) is 18.4 Å². The summed E-state index contributed by atoms with van der Waals surface area (Å²) in [5, 5.41) is 6.77. The van der Waals surface area contributed by atoms with Crippen molar-refractivity contribution in [1.29, 1.82) is 0 Å². The number of piperidine rings is 1. The van der Waals surface area contributed by atoms with Gasteiger partial charge in [-0.05, 0) is 31.2 Å². The first-order valence-corrected chi connectivity index (χ1v) is 9.90. The Morgan fingerprint density at radius 1 is 1.38 bits per heavy atom. The summed E-state index contributed by atoms with van der Waals surface area (Å²) in [7, 11) is 1.80. The highest BCUT2D eigenvalue weighted by Crippen LogP contribution is 2.22. The first-order valence-electron chi connectivity index (χ1n) is 9.90. The predicted octanol–water partition coefficient (Wildman–Crippen LogP) is 3.01. The van der Waals surface area contributed by atoms with Crippen molar-refractivity contribution in [2.45, 2.75) is 59.4 Å². The second kappa shape index (κ2) is 9.40. The molecule has 2 rings (SSSR count). The Labute approximate surface area is 158 Å². The minimum atomic E-state index is -0.0198. The number of hydrogen-bond donors (Lipinski definition) is 2. The number of hydrogen-bond acceptors (Lipinski definition) is 4. The molecule has 1 aliphatic rings. The normalized spacial score (nSPS) is 19.8. The lowest BCUT2D eigenvalue weighted by molar-refractivity contribution is 0.159. The molecule has 0 radical (unpaired) electrons. The van der Waals surface area contributed by atoms with Gasteiger partial charge in [-0.1, -0.05) is 34.6 Å². The molecular formula is C20H37N5O. The second-order valence-electron chi connectivity index (χ2n) is 8.84. The van der Waals surface area contributed by atoms with Gasteiger partial charge in [-0.25, -0.2) is 4.98 Å². The van der Waals surface area contributed by atoms with E-state index < -0.39 is 0 Å². The summed E-state index contributed by atoms with van der Waals surface area (Å²) in [6.45, 7) is 16.1. The maximum absolute atomic E-state index is 5.83. The number of aromatic nitrogens is 1. The van der Waals surface area contributed by atoms with E-state index >= 15 is 0 Å². The van der Waals surface area contributed by atoms with Gasteiger partial charge in [-0.15, -0.1) is 0 Å². The molecule has 6 nitrogen and oxygen atoms in total. The van der Waals surface area contributed by atoms with Gasteiger partial charge < -0.3 is 20.0 Å². The summed E-state index contributed by atoms with van der Waals surface area (Å²) in [4.78, 5) is 11.3. The third kappa shape index (κ3) is 6.63. The van der Waals surface area contributed by atoms with Crippen LogP contribution < -0.4 is 10.6 Å². The zero-order valence-electron chi connectivity index (χ0n) is 17.4. The summed E-state index contributed by atoms with van der Waals surface area (Å²) >= 11 is 0. The molecule has 0 spiro atoms. The maximum Gasteiger partial charge on any atom is 0.213 e. The van der Waals surface area contributed by atoms with E-state index in [0.717, 1.165) is 24.2 Å². The Bertz CT molecular complexity index is 573. The molecule has 26 heavy (non-hydrogen) atoms. The average molecular weight is 364 g/mol. The fourth-order valence-corrected chi connectivity index (χ4v) is 3.36. The highest BCUT2D eigenvalue weighted by atomic mass is 16.4. The summed E-state index contributed by atoms with van der Waals surface area (Å²) in [5.41, 5.74) is -0.0198. The van der Waals surface area contributed by atoms with Crippen LogP contribution >= 0.6 is 0 Å². The number of nitrogens with zero attached hydrogens (tertiary/aromatic N) is 3. The lowest BCUT2D eigenvalue weighted by Gasteiger charge is -2.34. The molecule has 1 saturated heterocycles. The Kier molecular flexibility index (Phi) is 7.50. The van der Waals surface area contributed by atoms with Crippen molar-refractivity contribution < 1.29 is 4.42 Å². The molecule has 0 aromatic carbocycles. The SMILES string of the molecule is CN=C(NCc1ncc(C(C)(C)C)o1)NCC1CCCN(CC(C)C)C1. The summed E-state index contributed by atoms with van der Waals surface area (Å²) < 4.78 is 5.83. The van der Waals surface area contributed by atoms with Gasteiger partial charge in [0, 0.05) is 32.1 Å². The topological polar surface area (TPSA) is 65.7 Å². The van der Waals surface area contributed by atoms with E-state index in [1.165, 1.54) is 32.5 Å². The third-order valence-electron chi connectivity index (χ3n) is 4.71. The molecule has 0 bridgehead atoms. The van der Waals surface area contributed by atoms with Crippen LogP contribution in [0.25, 0.3) is 0 Å². The van der Waals surface area contributed by atoms with Crippen LogP contribution in [-0.2, 0) is 12.0 Å². The zero-order chi connectivity index (χ0) is 19.2. The van der Waals surface area contributed by atoms with Gasteiger partial charge in [0.05, 0.1) is 12.7 Å². The molecule has 0 saturated carbocycles. The fourth-order valence-electron chi connectivity index (χ4n) is 3.36. The minimum absolute atomic E-state index is 0.0198. The Hall–Kier alpha value is -1.56. The van der Waals surface area contributed by atoms with Gasteiger partial charge in [0.15, 0.2) is 5.96 Å². The predicted molar refractivity (Wildman–Crippen MR) is 107 cm³/mol. The molecule has 6 heteroatoms. The molecule has 1 fully saturated rings. The van der Waals surface area contributed by atoms with Crippen molar-refractivity contribution in [2.24, 2.45) is 16.8 Å².